The van der Waals surface area contributed by atoms with Crippen molar-refractivity contribution in [2.24, 2.45) is 0 Å². The maximum Gasteiger partial charge on any atom is 0.146 e. The van der Waals surface area contributed by atoms with E-state index in [2.05, 4.69) is 35.7 Å². The molecular weight excluding hydrogens is 482 g/mol. The smallest absolute Gasteiger partial charge is 0.146 e. The maximum atomic E-state index is 5.87. The Bertz CT molecular complexity index is 862. The van der Waals surface area contributed by atoms with Crippen LogP contribution in [0.5, 0.6) is 11.5 Å². The topological polar surface area (TPSA) is 31.4 Å². The minimum Gasteiger partial charge on any atom is -0.493 e. The summed E-state index contributed by atoms with van der Waals surface area (Å²) in [7, 11) is 0. The van der Waals surface area contributed by atoms with Crippen LogP contribution in [0.3, 0.4) is 0 Å². The summed E-state index contributed by atoms with van der Waals surface area (Å²) >= 11 is 3.36. The van der Waals surface area contributed by atoms with Crippen molar-refractivity contribution in [2.45, 2.75) is 117 Å². The number of aromatic nitrogens is 1. The molecule has 0 aliphatic heterocycles. The number of thiophene rings is 1. The van der Waals surface area contributed by atoms with Crippen LogP contribution in [0, 0.1) is 0 Å². The van der Waals surface area contributed by atoms with Crippen LogP contribution < -0.4 is 9.47 Å². The molecule has 0 N–H and O–H groups in total. The lowest BCUT2D eigenvalue weighted by atomic mass is 10.1. The first kappa shape index (κ1) is 30.6. The second-order valence-electron chi connectivity index (χ2n) is 9.56. The van der Waals surface area contributed by atoms with Gasteiger partial charge in [-0.05, 0) is 36.4 Å². The van der Waals surface area contributed by atoms with E-state index in [9.17, 15) is 0 Å². The summed E-state index contributed by atoms with van der Waals surface area (Å²) in [6.45, 7) is 6.22. The van der Waals surface area contributed by atoms with E-state index < -0.39 is 0 Å². The van der Waals surface area contributed by atoms with Crippen molar-refractivity contribution in [3.05, 3.63) is 40.5 Å². The first-order valence-corrected chi connectivity index (χ1v) is 16.3. The predicted octanol–water partition coefficient (Wildman–Crippen LogP) is 11.1. The highest BCUT2D eigenvalue weighted by molar-refractivity contribution is 7.16. The maximum absolute atomic E-state index is 5.87. The Kier molecular flexibility index (Phi) is 18.3. The SMILES string of the molecule is CCCCCCCCCCOc1cccc2scnc12.CCCCCCCCCCOc1ccsc1. The molecule has 5 heteroatoms. The van der Waals surface area contributed by atoms with Gasteiger partial charge in [0.2, 0.25) is 0 Å². The van der Waals surface area contributed by atoms with E-state index in [1.165, 1.54) is 101 Å². The summed E-state index contributed by atoms with van der Waals surface area (Å²) in [5.41, 5.74) is 2.89. The molecule has 0 aliphatic carbocycles. The number of nitrogens with zero attached hydrogens (tertiary/aromatic N) is 1. The first-order valence-electron chi connectivity index (χ1n) is 14.4. The third-order valence-electron chi connectivity index (χ3n) is 6.34. The zero-order valence-corrected chi connectivity index (χ0v) is 24.5. The molecule has 202 valence electrons. The van der Waals surface area contributed by atoms with Crippen molar-refractivity contribution >= 4 is 32.9 Å². The Hall–Kier alpha value is -1.59. The molecule has 36 heavy (non-hydrogen) atoms. The highest BCUT2D eigenvalue weighted by Crippen LogP contribution is 2.27. The minimum absolute atomic E-state index is 0.811. The van der Waals surface area contributed by atoms with Crippen LogP contribution in [-0.4, -0.2) is 18.2 Å². The number of rotatable bonds is 20. The van der Waals surface area contributed by atoms with Crippen molar-refractivity contribution in [3.8, 4) is 11.5 Å². The molecule has 0 atom stereocenters. The average molecular weight is 532 g/mol. The van der Waals surface area contributed by atoms with E-state index in [1.807, 2.05) is 23.7 Å². The van der Waals surface area contributed by atoms with Crippen molar-refractivity contribution in [1.29, 1.82) is 0 Å². The fraction of sp³-hybridized carbons (Fsp3) is 0.645. The van der Waals surface area contributed by atoms with Gasteiger partial charge in [0.25, 0.3) is 0 Å². The highest BCUT2D eigenvalue weighted by atomic mass is 32.1. The van der Waals surface area contributed by atoms with Crippen LogP contribution in [0.4, 0.5) is 0 Å². The summed E-state index contributed by atoms with van der Waals surface area (Å²) < 4.78 is 12.7. The summed E-state index contributed by atoms with van der Waals surface area (Å²) in [6, 6.07) is 8.20. The lowest BCUT2D eigenvalue weighted by Gasteiger charge is -2.06. The lowest BCUT2D eigenvalue weighted by molar-refractivity contribution is 0.305. The molecule has 0 saturated heterocycles. The fourth-order valence-electron chi connectivity index (χ4n) is 4.15. The van der Waals surface area contributed by atoms with Gasteiger partial charge in [-0.25, -0.2) is 4.98 Å². The van der Waals surface area contributed by atoms with Crippen molar-refractivity contribution in [1.82, 2.24) is 4.98 Å². The van der Waals surface area contributed by atoms with Crippen LogP contribution >= 0.6 is 22.7 Å². The number of para-hydroxylation sites is 1. The van der Waals surface area contributed by atoms with Gasteiger partial charge >= 0.3 is 0 Å². The van der Waals surface area contributed by atoms with Gasteiger partial charge in [0.1, 0.15) is 17.0 Å². The minimum atomic E-state index is 0.811. The molecule has 2 aromatic heterocycles. The van der Waals surface area contributed by atoms with Crippen LogP contribution in [0.15, 0.2) is 40.5 Å². The second kappa shape index (κ2) is 21.5. The Morgan fingerprint density at radius 2 is 1.25 bits per heavy atom. The average Bonchev–Trinajstić information content (AvgIpc) is 3.60. The zero-order chi connectivity index (χ0) is 25.5. The van der Waals surface area contributed by atoms with Gasteiger partial charge < -0.3 is 9.47 Å². The lowest BCUT2D eigenvalue weighted by Crippen LogP contribution is -1.97. The number of thiazole rings is 1. The Morgan fingerprint density at radius 3 is 1.83 bits per heavy atom. The molecule has 3 rings (SSSR count). The molecule has 0 saturated carbocycles. The van der Waals surface area contributed by atoms with Crippen LogP contribution in [-0.2, 0) is 0 Å². The van der Waals surface area contributed by atoms with E-state index >= 15 is 0 Å². The van der Waals surface area contributed by atoms with E-state index in [1.54, 1.807) is 22.7 Å². The van der Waals surface area contributed by atoms with Gasteiger partial charge in [-0.15, -0.1) is 22.7 Å². The molecule has 0 bridgehead atoms. The first-order chi connectivity index (χ1) is 17.8. The van der Waals surface area contributed by atoms with E-state index in [-0.39, 0.29) is 0 Å². The standard InChI is InChI=1S/C17H25NOS.C14H24OS/c1-2-3-4-5-6-7-8-9-13-19-15-11-10-12-16-17(15)18-14-20-16;1-2-3-4-5-6-7-8-9-11-15-14-10-12-16-13-14/h10-12,14H,2-9,13H2,1H3;10,12-13H,2-9,11H2,1H3. The van der Waals surface area contributed by atoms with Gasteiger partial charge in [0, 0.05) is 5.38 Å². The molecule has 0 fully saturated rings. The normalized spacial score (nSPS) is 10.8. The quantitative estimate of drug-likeness (QED) is 0.136. The van der Waals surface area contributed by atoms with Crippen LogP contribution in [0.25, 0.3) is 10.2 Å². The van der Waals surface area contributed by atoms with Gasteiger partial charge in [0.15, 0.2) is 0 Å². The molecule has 0 spiro atoms. The number of ether oxygens (including phenoxy) is 2. The van der Waals surface area contributed by atoms with Crippen molar-refractivity contribution < 1.29 is 9.47 Å². The third kappa shape index (κ3) is 14.2. The highest BCUT2D eigenvalue weighted by Gasteiger charge is 2.04. The molecule has 1 aromatic carbocycles. The van der Waals surface area contributed by atoms with Gasteiger partial charge in [-0.1, -0.05) is 110 Å². The molecule has 0 radical (unpaired) electrons. The van der Waals surface area contributed by atoms with Gasteiger partial charge in [-0.3, -0.25) is 0 Å². The summed E-state index contributed by atoms with van der Waals surface area (Å²) in [5, 5.41) is 4.12. The fourth-order valence-corrected chi connectivity index (χ4v) is 5.42. The summed E-state index contributed by atoms with van der Waals surface area (Å²) in [5.74, 6) is 1.97. The Morgan fingerprint density at radius 1 is 0.667 bits per heavy atom. The monoisotopic (exact) mass is 531 g/mol. The Balaban J connectivity index is 0.000000261. The molecule has 0 unspecified atom stereocenters. The molecular formula is C31H49NO2S2. The van der Waals surface area contributed by atoms with E-state index in [0.29, 0.717) is 0 Å². The van der Waals surface area contributed by atoms with Crippen molar-refractivity contribution in [3.63, 3.8) is 0 Å². The summed E-state index contributed by atoms with van der Waals surface area (Å²) in [6.07, 6.45) is 21.5. The number of hydrogen-bond acceptors (Lipinski definition) is 5. The van der Waals surface area contributed by atoms with Crippen LogP contribution in [0.1, 0.15) is 117 Å². The molecule has 3 nitrogen and oxygen atoms in total. The number of fused-ring (bicyclic) bond motifs is 1. The largest absolute Gasteiger partial charge is 0.493 e. The molecule has 3 aromatic rings. The van der Waals surface area contributed by atoms with E-state index in [4.69, 9.17) is 9.47 Å². The third-order valence-corrected chi connectivity index (χ3v) is 7.80. The number of benzene rings is 1. The second-order valence-corrected chi connectivity index (χ2v) is 11.2. The molecule has 0 aliphatic rings. The number of unbranched alkanes of at least 4 members (excludes halogenated alkanes) is 14. The molecule has 2 heterocycles. The van der Waals surface area contributed by atoms with Gasteiger partial charge in [-0.2, -0.15) is 0 Å². The van der Waals surface area contributed by atoms with Gasteiger partial charge in [0.05, 0.1) is 23.4 Å². The van der Waals surface area contributed by atoms with Crippen LogP contribution in [0.2, 0.25) is 0 Å². The van der Waals surface area contributed by atoms with E-state index in [0.717, 1.165) is 36.7 Å². The predicted molar refractivity (Wildman–Crippen MR) is 160 cm³/mol. The molecule has 0 amide bonds. The van der Waals surface area contributed by atoms with Crippen molar-refractivity contribution in [2.75, 3.05) is 13.2 Å². The Labute approximate surface area is 228 Å². The summed E-state index contributed by atoms with van der Waals surface area (Å²) in [4.78, 5) is 4.37. The zero-order valence-electron chi connectivity index (χ0n) is 22.8. The number of hydrogen-bond donors (Lipinski definition) is 0.